The zero-order valence-electron chi connectivity index (χ0n) is 10.3. The molecule has 7 heteroatoms. The highest BCUT2D eigenvalue weighted by molar-refractivity contribution is 7.98. The summed E-state index contributed by atoms with van der Waals surface area (Å²) in [6.45, 7) is 0. The van der Waals surface area contributed by atoms with Crippen molar-refractivity contribution in [1.29, 1.82) is 0 Å². The summed E-state index contributed by atoms with van der Waals surface area (Å²) in [5.41, 5.74) is 3.31. The van der Waals surface area contributed by atoms with E-state index in [2.05, 4.69) is 10.4 Å². The number of carbonyl (C=O) groups is 1. The van der Waals surface area contributed by atoms with Crippen molar-refractivity contribution in [2.24, 2.45) is 5.84 Å². The van der Waals surface area contributed by atoms with Gasteiger partial charge in [0, 0.05) is 21.9 Å². The molecule has 0 aliphatic rings. The summed E-state index contributed by atoms with van der Waals surface area (Å²) in [4.78, 5) is 16.4. The van der Waals surface area contributed by atoms with Gasteiger partial charge >= 0.3 is 0 Å². The molecule has 0 saturated heterocycles. The van der Waals surface area contributed by atoms with Gasteiger partial charge in [-0.25, -0.2) is 5.84 Å². The minimum atomic E-state index is -0.366. The molecular weight excluding hydrogens is 317 g/mol. The zero-order valence-corrected chi connectivity index (χ0v) is 12.6. The lowest BCUT2D eigenvalue weighted by molar-refractivity contribution is 0.0953. The van der Waals surface area contributed by atoms with Gasteiger partial charge in [0.15, 0.2) is 0 Å². The number of nitrogens with one attached hydrogen (secondary N) is 1. The normalized spacial score (nSPS) is 10.3. The Bertz CT molecular complexity index is 620. The van der Waals surface area contributed by atoms with Gasteiger partial charge in [-0.05, 0) is 30.3 Å². The number of hydrazine groups is 1. The van der Waals surface area contributed by atoms with Gasteiger partial charge in [-0.1, -0.05) is 23.2 Å². The van der Waals surface area contributed by atoms with Crippen molar-refractivity contribution in [3.05, 3.63) is 57.8 Å². The van der Waals surface area contributed by atoms with E-state index in [4.69, 9.17) is 29.0 Å². The predicted molar refractivity (Wildman–Crippen MR) is 81.9 cm³/mol. The number of thioether (sulfide) groups is 1. The standard InChI is InChI=1S/C13H11Cl2N3OS/c14-9-2-4-11(15)12(5-9)20-7-10-3-1-8(6-17-10)13(19)18-16/h1-6H,7,16H2,(H,18,19). The van der Waals surface area contributed by atoms with Crippen LogP contribution in [0.2, 0.25) is 10.0 Å². The zero-order chi connectivity index (χ0) is 14.5. The molecule has 0 aliphatic carbocycles. The van der Waals surface area contributed by atoms with Gasteiger partial charge < -0.3 is 0 Å². The van der Waals surface area contributed by atoms with Crippen LogP contribution in [0.25, 0.3) is 0 Å². The third-order valence-corrected chi connectivity index (χ3v) is 4.25. The van der Waals surface area contributed by atoms with Crippen molar-refractivity contribution < 1.29 is 4.79 Å². The summed E-state index contributed by atoms with van der Waals surface area (Å²) in [7, 11) is 0. The number of nitrogens with zero attached hydrogens (tertiary/aromatic N) is 1. The molecule has 1 amide bonds. The molecule has 1 aromatic heterocycles. The molecule has 2 rings (SSSR count). The van der Waals surface area contributed by atoms with Crippen LogP contribution in [-0.4, -0.2) is 10.9 Å². The highest BCUT2D eigenvalue weighted by Gasteiger charge is 2.06. The van der Waals surface area contributed by atoms with Crippen molar-refractivity contribution in [3.8, 4) is 0 Å². The second kappa shape index (κ2) is 6.95. The van der Waals surface area contributed by atoms with Gasteiger partial charge in [-0.2, -0.15) is 0 Å². The summed E-state index contributed by atoms with van der Waals surface area (Å²) in [6.07, 6.45) is 1.48. The molecule has 104 valence electrons. The van der Waals surface area contributed by atoms with E-state index >= 15 is 0 Å². The van der Waals surface area contributed by atoms with Crippen LogP contribution < -0.4 is 11.3 Å². The fourth-order valence-corrected chi connectivity index (χ4v) is 2.88. The number of hydrogen-bond donors (Lipinski definition) is 2. The third-order valence-electron chi connectivity index (χ3n) is 2.49. The van der Waals surface area contributed by atoms with Gasteiger partial charge in [0.1, 0.15) is 0 Å². The number of aromatic nitrogens is 1. The van der Waals surface area contributed by atoms with E-state index in [9.17, 15) is 4.79 Å². The van der Waals surface area contributed by atoms with Crippen LogP contribution in [0, 0.1) is 0 Å². The molecule has 0 saturated carbocycles. The first kappa shape index (κ1) is 15.1. The lowest BCUT2D eigenvalue weighted by atomic mass is 10.2. The summed E-state index contributed by atoms with van der Waals surface area (Å²) in [5, 5.41) is 1.29. The first-order chi connectivity index (χ1) is 9.60. The Labute approximate surface area is 130 Å². The Morgan fingerprint density at radius 2 is 2.10 bits per heavy atom. The highest BCUT2D eigenvalue weighted by Crippen LogP contribution is 2.31. The maximum absolute atomic E-state index is 11.3. The molecule has 0 atom stereocenters. The van der Waals surface area contributed by atoms with Crippen molar-refractivity contribution in [1.82, 2.24) is 10.4 Å². The van der Waals surface area contributed by atoms with Gasteiger partial charge in [0.25, 0.3) is 5.91 Å². The van der Waals surface area contributed by atoms with Gasteiger partial charge in [0.2, 0.25) is 0 Å². The fraction of sp³-hybridized carbons (Fsp3) is 0.0769. The van der Waals surface area contributed by atoms with E-state index in [0.29, 0.717) is 21.4 Å². The van der Waals surface area contributed by atoms with E-state index in [1.807, 2.05) is 6.07 Å². The van der Waals surface area contributed by atoms with E-state index < -0.39 is 0 Å². The Kier molecular flexibility index (Phi) is 5.25. The van der Waals surface area contributed by atoms with E-state index in [0.717, 1.165) is 10.6 Å². The van der Waals surface area contributed by atoms with Gasteiger partial charge in [0.05, 0.1) is 16.3 Å². The lowest BCUT2D eigenvalue weighted by Gasteiger charge is -2.05. The van der Waals surface area contributed by atoms with Crippen molar-refractivity contribution in [2.75, 3.05) is 0 Å². The number of carbonyl (C=O) groups excluding carboxylic acids is 1. The van der Waals surface area contributed by atoms with Crippen LogP contribution in [0.1, 0.15) is 16.1 Å². The minimum absolute atomic E-state index is 0.366. The van der Waals surface area contributed by atoms with Crippen molar-refractivity contribution in [2.45, 2.75) is 10.6 Å². The van der Waals surface area contributed by atoms with Crippen molar-refractivity contribution in [3.63, 3.8) is 0 Å². The van der Waals surface area contributed by atoms with E-state index in [-0.39, 0.29) is 5.91 Å². The monoisotopic (exact) mass is 327 g/mol. The van der Waals surface area contributed by atoms with Gasteiger partial charge in [-0.3, -0.25) is 15.2 Å². The van der Waals surface area contributed by atoms with E-state index in [1.165, 1.54) is 18.0 Å². The molecule has 20 heavy (non-hydrogen) atoms. The number of nitrogen functional groups attached to an aromatic ring is 1. The average Bonchev–Trinajstić information content (AvgIpc) is 2.48. The lowest BCUT2D eigenvalue weighted by Crippen LogP contribution is -2.30. The average molecular weight is 328 g/mol. The SMILES string of the molecule is NNC(=O)c1ccc(CSc2cc(Cl)ccc2Cl)nc1. The number of nitrogens with two attached hydrogens (primary N) is 1. The van der Waals surface area contributed by atoms with Crippen LogP contribution in [0.15, 0.2) is 41.4 Å². The predicted octanol–water partition coefficient (Wildman–Crippen LogP) is 3.28. The Balaban J connectivity index is 2.04. The number of halogens is 2. The molecule has 3 N–H and O–H groups in total. The Morgan fingerprint density at radius 1 is 1.30 bits per heavy atom. The maximum Gasteiger partial charge on any atom is 0.266 e. The number of benzene rings is 1. The second-order valence-electron chi connectivity index (χ2n) is 3.88. The van der Waals surface area contributed by atoms with Crippen LogP contribution in [-0.2, 0) is 5.75 Å². The third kappa shape index (κ3) is 3.86. The van der Waals surface area contributed by atoms with E-state index in [1.54, 1.807) is 24.3 Å². The largest absolute Gasteiger partial charge is 0.290 e. The summed E-state index contributed by atoms with van der Waals surface area (Å²) in [5.74, 6) is 5.31. The molecule has 1 heterocycles. The molecule has 0 spiro atoms. The smallest absolute Gasteiger partial charge is 0.266 e. The van der Waals surface area contributed by atoms with Crippen molar-refractivity contribution >= 4 is 40.9 Å². The topological polar surface area (TPSA) is 68.0 Å². The fourth-order valence-electron chi connectivity index (χ4n) is 1.47. The first-order valence-electron chi connectivity index (χ1n) is 5.64. The second-order valence-corrected chi connectivity index (χ2v) is 5.74. The summed E-state index contributed by atoms with van der Waals surface area (Å²) in [6, 6.07) is 8.76. The molecule has 0 fully saturated rings. The molecule has 0 radical (unpaired) electrons. The van der Waals surface area contributed by atoms with Crippen LogP contribution >= 0.6 is 35.0 Å². The highest BCUT2D eigenvalue weighted by atomic mass is 35.5. The maximum atomic E-state index is 11.3. The number of rotatable bonds is 4. The molecular formula is C13H11Cl2N3OS. The van der Waals surface area contributed by atoms with Gasteiger partial charge in [-0.15, -0.1) is 11.8 Å². The minimum Gasteiger partial charge on any atom is -0.290 e. The quantitative estimate of drug-likeness (QED) is 0.391. The molecule has 4 nitrogen and oxygen atoms in total. The molecule has 2 aromatic rings. The first-order valence-corrected chi connectivity index (χ1v) is 7.38. The Morgan fingerprint density at radius 3 is 2.75 bits per heavy atom. The molecule has 0 aliphatic heterocycles. The molecule has 1 aromatic carbocycles. The molecule has 0 unspecified atom stereocenters. The number of amides is 1. The summed E-state index contributed by atoms with van der Waals surface area (Å²) < 4.78 is 0. The van der Waals surface area contributed by atoms with Crippen LogP contribution in [0.5, 0.6) is 0 Å². The number of pyridine rings is 1. The Hall–Kier alpha value is -1.27. The summed E-state index contributed by atoms with van der Waals surface area (Å²) >= 11 is 13.5. The van der Waals surface area contributed by atoms with Crippen LogP contribution in [0.3, 0.4) is 0 Å². The van der Waals surface area contributed by atoms with Crippen LogP contribution in [0.4, 0.5) is 0 Å². The molecule has 0 bridgehead atoms. The number of hydrogen-bond acceptors (Lipinski definition) is 4.